The van der Waals surface area contributed by atoms with Gasteiger partial charge in [-0.1, -0.05) is 54.6 Å². The van der Waals surface area contributed by atoms with E-state index in [9.17, 15) is 4.79 Å². The Balaban J connectivity index is 1.53. The van der Waals surface area contributed by atoms with Crippen LogP contribution in [-0.2, 0) is 10.9 Å². The average Bonchev–Trinajstić information content (AvgIpc) is 2.79. The number of hydrogen-bond donors (Lipinski definition) is 0. The number of carbonyl (C=O) groups excluding carboxylic acids is 1. The van der Waals surface area contributed by atoms with Crippen molar-refractivity contribution in [2.45, 2.75) is 24.2 Å². The fraction of sp³-hybridized carbons (Fsp3) is 0.192. The lowest BCUT2D eigenvalue weighted by atomic mass is 10.0. The molecule has 0 saturated carbocycles. The highest BCUT2D eigenvalue weighted by molar-refractivity contribution is 7.97. The SMILES string of the molecule is O=C(Oc1ccc([S+]2CCCCC2)c2ccccc12)c1cccc2ccccc12. The molecule has 4 aromatic carbocycles. The minimum atomic E-state index is -0.306. The van der Waals surface area contributed by atoms with Crippen molar-refractivity contribution in [3.05, 3.63) is 84.4 Å². The first kappa shape index (κ1) is 18.3. The van der Waals surface area contributed by atoms with Gasteiger partial charge in [0.15, 0.2) is 4.90 Å². The first-order valence-electron chi connectivity index (χ1n) is 10.2. The molecule has 144 valence electrons. The first-order valence-corrected chi connectivity index (χ1v) is 11.8. The van der Waals surface area contributed by atoms with E-state index in [1.807, 2.05) is 54.6 Å². The number of ether oxygens (including phenoxy) is 1. The highest BCUT2D eigenvalue weighted by Gasteiger charge is 2.27. The molecule has 2 nitrogen and oxygen atoms in total. The van der Waals surface area contributed by atoms with Crippen LogP contribution < -0.4 is 4.74 Å². The molecule has 5 rings (SSSR count). The molecular formula is C26H23O2S+. The van der Waals surface area contributed by atoms with Crippen LogP contribution >= 0.6 is 0 Å². The second-order valence-electron chi connectivity index (χ2n) is 7.49. The normalized spacial score (nSPS) is 14.9. The van der Waals surface area contributed by atoms with Crippen LogP contribution in [0.25, 0.3) is 21.5 Å². The van der Waals surface area contributed by atoms with Crippen molar-refractivity contribution >= 4 is 38.4 Å². The summed E-state index contributed by atoms with van der Waals surface area (Å²) in [7, 11) is 0.301. The Morgan fingerprint density at radius 1 is 0.690 bits per heavy atom. The van der Waals surface area contributed by atoms with E-state index < -0.39 is 0 Å². The fourth-order valence-electron chi connectivity index (χ4n) is 4.19. The molecule has 0 aliphatic carbocycles. The van der Waals surface area contributed by atoms with Gasteiger partial charge in [0.25, 0.3) is 0 Å². The van der Waals surface area contributed by atoms with E-state index in [2.05, 4.69) is 24.3 Å². The molecule has 0 N–H and O–H groups in total. The standard InChI is InChI=1S/C26H23O2S/c27-26(23-14-8-10-19-9-2-3-11-20(19)23)28-24-15-16-25(29-17-6-1-7-18-29)22-13-5-4-12-21(22)24/h2-5,8-16H,1,6-7,17-18H2/q+1. The Morgan fingerprint density at radius 3 is 2.21 bits per heavy atom. The third kappa shape index (κ3) is 3.51. The summed E-state index contributed by atoms with van der Waals surface area (Å²) in [6, 6.07) is 26.2. The van der Waals surface area contributed by atoms with Crippen molar-refractivity contribution in [1.29, 1.82) is 0 Å². The molecule has 3 heteroatoms. The molecule has 0 radical (unpaired) electrons. The smallest absolute Gasteiger partial charge is 0.344 e. The molecule has 0 aromatic heterocycles. The summed E-state index contributed by atoms with van der Waals surface area (Å²) < 4.78 is 5.93. The summed E-state index contributed by atoms with van der Waals surface area (Å²) in [5, 5.41) is 4.21. The maximum atomic E-state index is 13.0. The van der Waals surface area contributed by atoms with Crippen molar-refractivity contribution in [3.8, 4) is 5.75 Å². The number of fused-ring (bicyclic) bond motifs is 2. The maximum Gasteiger partial charge on any atom is 0.344 e. The van der Waals surface area contributed by atoms with Crippen molar-refractivity contribution in [2.24, 2.45) is 0 Å². The summed E-state index contributed by atoms with van der Waals surface area (Å²) in [6.45, 7) is 0. The van der Waals surface area contributed by atoms with Gasteiger partial charge in [0.1, 0.15) is 17.3 Å². The number of benzene rings is 4. The molecule has 1 aliphatic heterocycles. The Labute approximate surface area is 173 Å². The zero-order valence-corrected chi connectivity index (χ0v) is 17.1. The van der Waals surface area contributed by atoms with Gasteiger partial charge < -0.3 is 4.74 Å². The van der Waals surface area contributed by atoms with E-state index in [4.69, 9.17) is 4.74 Å². The van der Waals surface area contributed by atoms with Gasteiger partial charge in [0.2, 0.25) is 0 Å². The molecule has 1 fully saturated rings. The molecule has 0 atom stereocenters. The molecule has 0 unspecified atom stereocenters. The molecule has 29 heavy (non-hydrogen) atoms. The molecule has 0 spiro atoms. The summed E-state index contributed by atoms with van der Waals surface area (Å²) >= 11 is 0. The van der Waals surface area contributed by atoms with Crippen LogP contribution in [0.1, 0.15) is 29.6 Å². The largest absolute Gasteiger partial charge is 0.422 e. The van der Waals surface area contributed by atoms with Gasteiger partial charge in [-0.15, -0.1) is 0 Å². The van der Waals surface area contributed by atoms with Gasteiger partial charge in [-0.2, -0.15) is 0 Å². The highest BCUT2D eigenvalue weighted by Crippen LogP contribution is 2.35. The predicted octanol–water partition coefficient (Wildman–Crippen LogP) is 6.37. The van der Waals surface area contributed by atoms with Crippen LogP contribution in [0.5, 0.6) is 5.75 Å². The van der Waals surface area contributed by atoms with Gasteiger partial charge in [0.05, 0.1) is 5.56 Å². The lowest BCUT2D eigenvalue weighted by Gasteiger charge is -2.16. The van der Waals surface area contributed by atoms with E-state index >= 15 is 0 Å². The van der Waals surface area contributed by atoms with Gasteiger partial charge in [-0.05, 0) is 54.3 Å². The number of hydrogen-bond acceptors (Lipinski definition) is 2. The highest BCUT2D eigenvalue weighted by atomic mass is 32.2. The molecule has 1 saturated heterocycles. The predicted molar refractivity (Wildman–Crippen MR) is 122 cm³/mol. The van der Waals surface area contributed by atoms with Crippen molar-refractivity contribution in [3.63, 3.8) is 0 Å². The monoisotopic (exact) mass is 399 g/mol. The summed E-state index contributed by atoms with van der Waals surface area (Å²) in [5.41, 5.74) is 0.602. The summed E-state index contributed by atoms with van der Waals surface area (Å²) in [6.07, 6.45) is 3.98. The van der Waals surface area contributed by atoms with Crippen LogP contribution in [0.3, 0.4) is 0 Å². The molecular weight excluding hydrogens is 376 g/mol. The molecule has 0 amide bonds. The van der Waals surface area contributed by atoms with E-state index in [1.165, 1.54) is 41.0 Å². The second kappa shape index (κ2) is 7.92. The quantitative estimate of drug-likeness (QED) is 0.227. The average molecular weight is 400 g/mol. The lowest BCUT2D eigenvalue weighted by Crippen LogP contribution is -2.18. The Hall–Kier alpha value is -2.78. The van der Waals surface area contributed by atoms with Crippen molar-refractivity contribution in [1.82, 2.24) is 0 Å². The molecule has 1 aliphatic rings. The van der Waals surface area contributed by atoms with Gasteiger partial charge in [-0.3, -0.25) is 0 Å². The summed E-state index contributed by atoms with van der Waals surface area (Å²) in [4.78, 5) is 14.5. The van der Waals surface area contributed by atoms with Crippen LogP contribution in [0.2, 0.25) is 0 Å². The number of esters is 1. The van der Waals surface area contributed by atoms with Crippen molar-refractivity contribution in [2.75, 3.05) is 11.5 Å². The van der Waals surface area contributed by atoms with Crippen LogP contribution in [-0.4, -0.2) is 17.5 Å². The zero-order chi connectivity index (χ0) is 19.6. The zero-order valence-electron chi connectivity index (χ0n) is 16.3. The maximum absolute atomic E-state index is 13.0. The number of rotatable bonds is 3. The number of carbonyl (C=O) groups is 1. The van der Waals surface area contributed by atoms with E-state index in [1.54, 1.807) is 0 Å². The van der Waals surface area contributed by atoms with Gasteiger partial charge in [0, 0.05) is 21.7 Å². The molecule has 0 bridgehead atoms. The Bertz CT molecular complexity index is 1190. The molecule has 4 aromatic rings. The fourth-order valence-corrected chi connectivity index (χ4v) is 6.69. The Kier molecular flexibility index (Phi) is 4.99. The third-order valence-corrected chi connectivity index (χ3v) is 8.19. The van der Waals surface area contributed by atoms with E-state index in [0.29, 0.717) is 22.2 Å². The van der Waals surface area contributed by atoms with Crippen LogP contribution in [0.15, 0.2) is 83.8 Å². The van der Waals surface area contributed by atoms with Crippen LogP contribution in [0, 0.1) is 0 Å². The lowest BCUT2D eigenvalue weighted by molar-refractivity contribution is 0.0739. The molecule has 1 heterocycles. The van der Waals surface area contributed by atoms with E-state index in [0.717, 1.165) is 16.2 Å². The third-order valence-electron chi connectivity index (χ3n) is 5.65. The Morgan fingerprint density at radius 2 is 1.38 bits per heavy atom. The van der Waals surface area contributed by atoms with Gasteiger partial charge >= 0.3 is 5.97 Å². The first-order chi connectivity index (χ1) is 14.3. The van der Waals surface area contributed by atoms with Gasteiger partial charge in [-0.25, -0.2) is 4.79 Å². The van der Waals surface area contributed by atoms with Crippen molar-refractivity contribution < 1.29 is 9.53 Å². The van der Waals surface area contributed by atoms with Crippen LogP contribution in [0.4, 0.5) is 0 Å². The minimum Gasteiger partial charge on any atom is -0.422 e. The topological polar surface area (TPSA) is 26.3 Å². The second-order valence-corrected chi connectivity index (χ2v) is 9.73. The minimum absolute atomic E-state index is 0.301. The van der Waals surface area contributed by atoms with E-state index in [-0.39, 0.29) is 5.97 Å². The summed E-state index contributed by atoms with van der Waals surface area (Å²) in [5.74, 6) is 2.89.